The molecule has 5 heteroatoms. The lowest BCUT2D eigenvalue weighted by atomic mass is 10.2. The van der Waals surface area contributed by atoms with Gasteiger partial charge in [0.05, 0.1) is 23.7 Å². The van der Waals surface area contributed by atoms with E-state index in [0.29, 0.717) is 5.92 Å². The fourth-order valence-corrected chi connectivity index (χ4v) is 3.63. The van der Waals surface area contributed by atoms with Crippen LogP contribution in [0.4, 0.5) is 0 Å². The molecule has 0 N–H and O–H groups in total. The molecule has 24 heavy (non-hydrogen) atoms. The van der Waals surface area contributed by atoms with Gasteiger partial charge in [0.25, 0.3) is 5.91 Å². The first kappa shape index (κ1) is 15.6. The number of carbonyl (C=O) groups excluding carboxylic acids is 1. The summed E-state index contributed by atoms with van der Waals surface area (Å²) in [5.74, 6) is 1.76. The molecule has 1 aromatic heterocycles. The number of aryl methyl sites for hydroxylation is 1. The quantitative estimate of drug-likeness (QED) is 0.848. The Bertz CT molecular complexity index is 750. The zero-order valence-corrected chi connectivity index (χ0v) is 14.4. The SMILES string of the molecule is C[C@H](OCC1CC1)C(=O)N1CCC[C@@H]1c1nc2ccccc2n1C. The molecule has 5 nitrogen and oxygen atoms in total. The van der Waals surface area contributed by atoms with E-state index in [1.165, 1.54) is 12.8 Å². The van der Waals surface area contributed by atoms with Gasteiger partial charge in [-0.1, -0.05) is 12.1 Å². The number of para-hydroxylation sites is 2. The van der Waals surface area contributed by atoms with Crippen molar-refractivity contribution in [3.8, 4) is 0 Å². The molecular weight excluding hydrogens is 302 g/mol. The van der Waals surface area contributed by atoms with Crippen molar-refractivity contribution in [1.82, 2.24) is 14.5 Å². The van der Waals surface area contributed by atoms with Crippen LogP contribution >= 0.6 is 0 Å². The van der Waals surface area contributed by atoms with Crippen molar-refractivity contribution in [2.75, 3.05) is 13.2 Å². The van der Waals surface area contributed by atoms with Crippen LogP contribution < -0.4 is 0 Å². The van der Waals surface area contributed by atoms with Gasteiger partial charge < -0.3 is 14.2 Å². The number of nitrogens with zero attached hydrogens (tertiary/aromatic N) is 3. The summed E-state index contributed by atoms with van der Waals surface area (Å²) in [6, 6.07) is 8.20. The standard InChI is InChI=1S/C19H25N3O2/c1-13(24-12-14-9-10-14)19(23)22-11-5-8-17(22)18-20-15-6-3-4-7-16(15)21(18)2/h3-4,6-7,13-14,17H,5,8-12H2,1-2H3/t13-,17+/m0/s1. The molecule has 1 aromatic carbocycles. The summed E-state index contributed by atoms with van der Waals surface area (Å²) in [5.41, 5.74) is 2.11. The van der Waals surface area contributed by atoms with Gasteiger partial charge in [0.1, 0.15) is 11.9 Å². The van der Waals surface area contributed by atoms with E-state index in [1.54, 1.807) is 0 Å². The van der Waals surface area contributed by atoms with E-state index in [2.05, 4.69) is 10.6 Å². The molecule has 0 unspecified atom stereocenters. The molecule has 2 atom stereocenters. The third kappa shape index (κ3) is 2.81. The number of rotatable bonds is 5. The Morgan fingerprint density at radius 3 is 2.88 bits per heavy atom. The molecule has 1 aliphatic heterocycles. The Morgan fingerprint density at radius 1 is 1.33 bits per heavy atom. The fraction of sp³-hybridized carbons (Fsp3) is 0.579. The molecule has 2 aromatic rings. The van der Waals surface area contributed by atoms with Crippen molar-refractivity contribution in [1.29, 1.82) is 0 Å². The second-order valence-electron chi connectivity index (χ2n) is 7.13. The number of hydrogen-bond donors (Lipinski definition) is 0. The maximum Gasteiger partial charge on any atom is 0.252 e. The molecule has 2 heterocycles. The van der Waals surface area contributed by atoms with Crippen LogP contribution in [0, 0.1) is 5.92 Å². The Kier molecular flexibility index (Phi) is 4.04. The minimum Gasteiger partial charge on any atom is -0.368 e. The molecule has 4 rings (SSSR count). The first-order valence-corrected chi connectivity index (χ1v) is 8.98. The number of carbonyl (C=O) groups is 1. The van der Waals surface area contributed by atoms with E-state index in [-0.39, 0.29) is 18.1 Å². The van der Waals surface area contributed by atoms with Gasteiger partial charge in [-0.3, -0.25) is 4.79 Å². The largest absolute Gasteiger partial charge is 0.368 e. The summed E-state index contributed by atoms with van der Waals surface area (Å²) in [4.78, 5) is 19.6. The highest BCUT2D eigenvalue weighted by molar-refractivity contribution is 5.81. The average molecular weight is 327 g/mol. The van der Waals surface area contributed by atoms with Crippen molar-refractivity contribution in [2.45, 2.75) is 44.8 Å². The van der Waals surface area contributed by atoms with Crippen LogP contribution in [0.1, 0.15) is 44.5 Å². The van der Waals surface area contributed by atoms with Crippen LogP contribution in [0.15, 0.2) is 24.3 Å². The lowest BCUT2D eigenvalue weighted by Gasteiger charge is -2.27. The van der Waals surface area contributed by atoms with Crippen molar-refractivity contribution in [3.05, 3.63) is 30.1 Å². The lowest BCUT2D eigenvalue weighted by molar-refractivity contribution is -0.144. The summed E-state index contributed by atoms with van der Waals surface area (Å²) in [7, 11) is 2.04. The maximum absolute atomic E-state index is 12.9. The van der Waals surface area contributed by atoms with Gasteiger partial charge in [-0.05, 0) is 50.7 Å². The monoisotopic (exact) mass is 327 g/mol. The van der Waals surface area contributed by atoms with E-state index in [9.17, 15) is 4.79 Å². The number of ether oxygens (including phenoxy) is 1. The number of hydrogen-bond acceptors (Lipinski definition) is 3. The Balaban J connectivity index is 1.54. The highest BCUT2D eigenvalue weighted by Crippen LogP contribution is 2.34. The minimum atomic E-state index is -0.360. The number of benzene rings is 1. The number of likely N-dealkylation sites (tertiary alicyclic amines) is 1. The highest BCUT2D eigenvalue weighted by Gasteiger charge is 2.36. The van der Waals surface area contributed by atoms with Crippen LogP contribution in [-0.2, 0) is 16.6 Å². The molecule has 2 fully saturated rings. The Hall–Kier alpha value is -1.88. The van der Waals surface area contributed by atoms with E-state index < -0.39 is 0 Å². The van der Waals surface area contributed by atoms with Crippen LogP contribution in [0.3, 0.4) is 0 Å². The molecular formula is C19H25N3O2. The lowest BCUT2D eigenvalue weighted by Crippen LogP contribution is -2.39. The smallest absolute Gasteiger partial charge is 0.252 e. The molecule has 1 amide bonds. The Morgan fingerprint density at radius 2 is 2.12 bits per heavy atom. The molecule has 2 aliphatic rings. The molecule has 1 saturated carbocycles. The summed E-state index contributed by atoms with van der Waals surface area (Å²) in [6.07, 6.45) is 4.12. The number of aromatic nitrogens is 2. The third-order valence-corrected chi connectivity index (χ3v) is 5.28. The van der Waals surface area contributed by atoms with E-state index in [1.807, 2.05) is 37.1 Å². The average Bonchev–Trinajstić information content (AvgIpc) is 3.20. The first-order chi connectivity index (χ1) is 11.6. The van der Waals surface area contributed by atoms with E-state index >= 15 is 0 Å². The molecule has 1 aliphatic carbocycles. The van der Waals surface area contributed by atoms with Crippen molar-refractivity contribution >= 4 is 16.9 Å². The minimum absolute atomic E-state index is 0.0573. The predicted octanol–water partition coefficient (Wildman–Crippen LogP) is 3.05. The number of imidazole rings is 1. The van der Waals surface area contributed by atoms with Crippen molar-refractivity contribution in [2.24, 2.45) is 13.0 Å². The first-order valence-electron chi connectivity index (χ1n) is 8.98. The predicted molar refractivity (Wildman–Crippen MR) is 92.5 cm³/mol. The maximum atomic E-state index is 12.9. The number of amides is 1. The second kappa shape index (κ2) is 6.20. The molecule has 128 valence electrons. The van der Waals surface area contributed by atoms with Gasteiger partial charge in [-0.15, -0.1) is 0 Å². The zero-order chi connectivity index (χ0) is 16.7. The summed E-state index contributed by atoms with van der Waals surface area (Å²) in [6.45, 7) is 3.40. The van der Waals surface area contributed by atoms with Gasteiger partial charge >= 0.3 is 0 Å². The van der Waals surface area contributed by atoms with Gasteiger partial charge in [0.2, 0.25) is 0 Å². The normalized spacial score (nSPS) is 22.2. The number of fused-ring (bicyclic) bond motifs is 1. The van der Waals surface area contributed by atoms with Crippen LogP contribution in [0.5, 0.6) is 0 Å². The molecule has 0 radical (unpaired) electrons. The van der Waals surface area contributed by atoms with Crippen LogP contribution in [0.2, 0.25) is 0 Å². The molecule has 1 saturated heterocycles. The van der Waals surface area contributed by atoms with Gasteiger partial charge in [0, 0.05) is 13.6 Å². The van der Waals surface area contributed by atoms with Crippen molar-refractivity contribution < 1.29 is 9.53 Å². The third-order valence-electron chi connectivity index (χ3n) is 5.28. The summed E-state index contributed by atoms with van der Waals surface area (Å²) in [5, 5.41) is 0. The topological polar surface area (TPSA) is 47.4 Å². The summed E-state index contributed by atoms with van der Waals surface area (Å²) < 4.78 is 7.92. The zero-order valence-electron chi connectivity index (χ0n) is 14.4. The molecule has 0 spiro atoms. The van der Waals surface area contributed by atoms with Gasteiger partial charge in [-0.25, -0.2) is 4.98 Å². The van der Waals surface area contributed by atoms with Crippen molar-refractivity contribution in [3.63, 3.8) is 0 Å². The fourth-order valence-electron chi connectivity index (χ4n) is 3.63. The summed E-state index contributed by atoms with van der Waals surface area (Å²) >= 11 is 0. The van der Waals surface area contributed by atoms with E-state index in [4.69, 9.17) is 9.72 Å². The van der Waals surface area contributed by atoms with Crippen LogP contribution in [-0.4, -0.2) is 39.6 Å². The van der Waals surface area contributed by atoms with E-state index in [0.717, 1.165) is 42.9 Å². The van der Waals surface area contributed by atoms with Gasteiger partial charge in [-0.2, -0.15) is 0 Å². The van der Waals surface area contributed by atoms with Crippen LogP contribution in [0.25, 0.3) is 11.0 Å². The Labute approximate surface area is 142 Å². The second-order valence-corrected chi connectivity index (χ2v) is 7.13. The van der Waals surface area contributed by atoms with Gasteiger partial charge in [0.15, 0.2) is 0 Å². The highest BCUT2D eigenvalue weighted by atomic mass is 16.5. The molecule has 0 bridgehead atoms.